The molecule has 1 fully saturated rings. The van der Waals surface area contributed by atoms with Crippen LogP contribution >= 0.6 is 0 Å². The predicted molar refractivity (Wildman–Crippen MR) is 126 cm³/mol. The van der Waals surface area contributed by atoms with Crippen LogP contribution in [0.5, 0.6) is 0 Å². The smallest absolute Gasteiger partial charge is 0.351 e. The highest BCUT2D eigenvalue weighted by Crippen LogP contribution is 2.26. The number of aromatic nitrogens is 2. The third-order valence-electron chi connectivity index (χ3n) is 5.53. The Bertz CT molecular complexity index is 1270. The molecular formula is C23H27N5O5S. The van der Waals surface area contributed by atoms with Crippen molar-refractivity contribution in [2.24, 2.45) is 0 Å². The number of benzene rings is 2. The lowest BCUT2D eigenvalue weighted by Gasteiger charge is -2.33. The molecule has 1 aromatic heterocycles. The van der Waals surface area contributed by atoms with Crippen LogP contribution in [-0.4, -0.2) is 60.2 Å². The molecule has 0 bridgehead atoms. The lowest BCUT2D eigenvalue weighted by Crippen LogP contribution is -2.49. The van der Waals surface area contributed by atoms with Gasteiger partial charge in [-0.05, 0) is 56.2 Å². The molecule has 34 heavy (non-hydrogen) atoms. The maximum atomic E-state index is 13.2. The van der Waals surface area contributed by atoms with Crippen molar-refractivity contribution in [3.63, 3.8) is 0 Å². The van der Waals surface area contributed by atoms with Gasteiger partial charge in [0.05, 0.1) is 4.90 Å². The van der Waals surface area contributed by atoms with E-state index >= 15 is 0 Å². The molecule has 1 aliphatic heterocycles. The predicted octanol–water partition coefficient (Wildman–Crippen LogP) is 3.44. The molecule has 3 aromatic rings. The van der Waals surface area contributed by atoms with Crippen molar-refractivity contribution in [1.82, 2.24) is 19.5 Å². The highest BCUT2D eigenvalue weighted by atomic mass is 32.2. The molecule has 4 rings (SSSR count). The van der Waals surface area contributed by atoms with Gasteiger partial charge in [-0.25, -0.2) is 13.2 Å². The van der Waals surface area contributed by atoms with Crippen LogP contribution in [-0.2, 0) is 14.9 Å². The number of rotatable bonds is 5. The number of carbonyl (C=O) groups is 1. The van der Waals surface area contributed by atoms with Crippen LogP contribution in [0.3, 0.4) is 0 Å². The summed E-state index contributed by atoms with van der Waals surface area (Å²) in [5.41, 5.74) is 3.79. The SMILES string of the molecule is Cc1cc(C)c(S(=O)(=O)N2CCN(OC(=O)Nc3ccc(-c4noc(C)n4)cc3)CC2)c(C)c1. The van der Waals surface area contributed by atoms with Gasteiger partial charge in [-0.1, -0.05) is 22.9 Å². The third-order valence-corrected chi connectivity index (χ3v) is 7.73. The zero-order valence-corrected chi connectivity index (χ0v) is 20.3. The molecule has 0 atom stereocenters. The van der Waals surface area contributed by atoms with Gasteiger partial charge < -0.3 is 9.36 Å². The minimum atomic E-state index is -3.63. The summed E-state index contributed by atoms with van der Waals surface area (Å²) in [7, 11) is -3.63. The standard InChI is InChI=1S/C23H27N5O5S/c1-15-13-16(2)21(17(3)14-15)34(30,31)28-11-9-27(10-12-28)33-23(29)25-20-7-5-19(6-8-20)22-24-18(4)32-26-22/h5-8,13-14H,9-12H2,1-4H3,(H,25,29). The van der Waals surface area contributed by atoms with Gasteiger partial charge in [0.15, 0.2) is 0 Å². The molecule has 0 spiro atoms. The van der Waals surface area contributed by atoms with Crippen molar-refractivity contribution in [3.8, 4) is 11.4 Å². The van der Waals surface area contributed by atoms with Crippen molar-refractivity contribution in [3.05, 3.63) is 59.0 Å². The van der Waals surface area contributed by atoms with Crippen LogP contribution in [0, 0.1) is 27.7 Å². The average Bonchev–Trinajstić information content (AvgIpc) is 3.20. The van der Waals surface area contributed by atoms with E-state index in [0.717, 1.165) is 22.3 Å². The fourth-order valence-corrected chi connectivity index (χ4v) is 5.92. The molecule has 0 radical (unpaired) electrons. The second kappa shape index (κ2) is 9.53. The molecule has 180 valence electrons. The summed E-state index contributed by atoms with van der Waals surface area (Å²) in [6, 6.07) is 10.7. The molecule has 10 nitrogen and oxygen atoms in total. The van der Waals surface area contributed by atoms with E-state index in [1.165, 1.54) is 9.37 Å². The summed E-state index contributed by atoms with van der Waals surface area (Å²) in [6.45, 7) is 8.27. The van der Waals surface area contributed by atoms with Crippen LogP contribution in [0.4, 0.5) is 10.5 Å². The average molecular weight is 486 g/mol. The van der Waals surface area contributed by atoms with Gasteiger partial charge in [-0.15, -0.1) is 5.06 Å². The zero-order chi connectivity index (χ0) is 24.5. The van der Waals surface area contributed by atoms with Crippen molar-refractivity contribution >= 4 is 21.8 Å². The first kappa shape index (κ1) is 23.9. The highest BCUT2D eigenvalue weighted by Gasteiger charge is 2.32. The Morgan fingerprint density at radius 1 is 1.00 bits per heavy atom. The lowest BCUT2D eigenvalue weighted by atomic mass is 10.1. The first-order valence-electron chi connectivity index (χ1n) is 10.9. The van der Waals surface area contributed by atoms with E-state index in [0.29, 0.717) is 22.3 Å². The number of hydroxylamine groups is 2. The van der Waals surface area contributed by atoms with E-state index in [1.807, 2.05) is 32.9 Å². The fraction of sp³-hybridized carbons (Fsp3) is 0.348. The fourth-order valence-electron chi connectivity index (χ4n) is 4.08. The van der Waals surface area contributed by atoms with Crippen LogP contribution < -0.4 is 5.32 Å². The molecule has 0 unspecified atom stereocenters. The van der Waals surface area contributed by atoms with Crippen LogP contribution in [0.2, 0.25) is 0 Å². The quantitative estimate of drug-likeness (QED) is 0.584. The van der Waals surface area contributed by atoms with Gasteiger partial charge in [0.25, 0.3) is 0 Å². The van der Waals surface area contributed by atoms with E-state index in [2.05, 4.69) is 15.5 Å². The van der Waals surface area contributed by atoms with E-state index in [-0.39, 0.29) is 26.2 Å². The van der Waals surface area contributed by atoms with E-state index in [9.17, 15) is 13.2 Å². The number of hydrogen-bond donors (Lipinski definition) is 1. The minimum absolute atomic E-state index is 0.223. The Morgan fingerprint density at radius 3 is 2.18 bits per heavy atom. The molecule has 1 N–H and O–H groups in total. The van der Waals surface area contributed by atoms with Crippen molar-refractivity contribution in [1.29, 1.82) is 0 Å². The molecule has 11 heteroatoms. The molecule has 1 aliphatic rings. The van der Waals surface area contributed by atoms with Gasteiger partial charge in [-0.3, -0.25) is 5.32 Å². The highest BCUT2D eigenvalue weighted by molar-refractivity contribution is 7.89. The Labute approximate surface area is 198 Å². The summed E-state index contributed by atoms with van der Waals surface area (Å²) in [5.74, 6) is 0.938. The minimum Gasteiger partial charge on any atom is -0.351 e. The number of amides is 1. The summed E-state index contributed by atoms with van der Waals surface area (Å²) < 4.78 is 32.8. The number of hydrogen-bond acceptors (Lipinski definition) is 8. The van der Waals surface area contributed by atoms with Crippen molar-refractivity contribution < 1.29 is 22.6 Å². The van der Waals surface area contributed by atoms with Gasteiger partial charge in [0.2, 0.25) is 21.7 Å². The summed E-state index contributed by atoms with van der Waals surface area (Å²) in [4.78, 5) is 22.2. The largest absolute Gasteiger partial charge is 0.430 e. The Balaban J connectivity index is 1.32. The maximum Gasteiger partial charge on any atom is 0.430 e. The van der Waals surface area contributed by atoms with Crippen molar-refractivity contribution in [2.75, 3.05) is 31.5 Å². The van der Waals surface area contributed by atoms with Crippen LogP contribution in [0.15, 0.2) is 45.8 Å². The molecule has 2 aromatic carbocycles. The number of sulfonamides is 1. The number of nitrogens with zero attached hydrogens (tertiary/aromatic N) is 4. The molecule has 1 amide bonds. The Morgan fingerprint density at radius 2 is 1.62 bits per heavy atom. The summed E-state index contributed by atoms with van der Waals surface area (Å²) >= 11 is 0. The lowest BCUT2D eigenvalue weighted by molar-refractivity contribution is -0.109. The summed E-state index contributed by atoms with van der Waals surface area (Å²) in [5, 5.41) is 7.98. The number of carbonyl (C=O) groups excluding carboxylic acids is 1. The molecule has 2 heterocycles. The molecular weight excluding hydrogens is 458 g/mol. The topological polar surface area (TPSA) is 118 Å². The van der Waals surface area contributed by atoms with Gasteiger partial charge in [0.1, 0.15) is 0 Å². The number of piperazine rings is 1. The van der Waals surface area contributed by atoms with E-state index in [4.69, 9.17) is 9.36 Å². The van der Waals surface area contributed by atoms with Gasteiger partial charge in [0, 0.05) is 44.4 Å². The third kappa shape index (κ3) is 5.11. The molecule has 1 saturated heterocycles. The first-order valence-corrected chi connectivity index (χ1v) is 12.3. The van der Waals surface area contributed by atoms with Crippen LogP contribution in [0.1, 0.15) is 22.6 Å². The van der Waals surface area contributed by atoms with E-state index in [1.54, 1.807) is 31.2 Å². The number of aryl methyl sites for hydroxylation is 4. The monoisotopic (exact) mass is 485 g/mol. The second-order valence-corrected chi connectivity index (χ2v) is 10.2. The van der Waals surface area contributed by atoms with Crippen molar-refractivity contribution in [2.45, 2.75) is 32.6 Å². The molecule has 0 saturated carbocycles. The zero-order valence-electron chi connectivity index (χ0n) is 19.5. The Hall–Kier alpha value is -3.28. The maximum absolute atomic E-state index is 13.2. The van der Waals surface area contributed by atoms with Gasteiger partial charge >= 0.3 is 6.09 Å². The second-order valence-electron chi connectivity index (χ2n) is 8.28. The number of anilines is 1. The molecule has 0 aliphatic carbocycles. The van der Waals surface area contributed by atoms with E-state index < -0.39 is 16.1 Å². The van der Waals surface area contributed by atoms with Crippen LogP contribution in [0.25, 0.3) is 11.4 Å². The summed E-state index contributed by atoms with van der Waals surface area (Å²) in [6.07, 6.45) is -0.648. The van der Waals surface area contributed by atoms with Gasteiger partial charge in [-0.2, -0.15) is 9.29 Å². The first-order chi connectivity index (χ1) is 16.1. The number of nitrogens with one attached hydrogen (secondary N) is 1. The normalized spacial score (nSPS) is 15.3. The Kier molecular flexibility index (Phi) is 6.69.